The van der Waals surface area contributed by atoms with Crippen LogP contribution in [0.5, 0.6) is 0 Å². The number of halogens is 6. The van der Waals surface area contributed by atoms with E-state index in [1.807, 2.05) is 0 Å². The fourth-order valence-corrected chi connectivity index (χ4v) is 3.98. The maximum absolute atomic E-state index is 13.3. The van der Waals surface area contributed by atoms with Crippen LogP contribution in [0.2, 0.25) is 0 Å². The van der Waals surface area contributed by atoms with Gasteiger partial charge in [0.25, 0.3) is 0 Å². The van der Waals surface area contributed by atoms with Crippen LogP contribution in [0.3, 0.4) is 0 Å². The van der Waals surface area contributed by atoms with Gasteiger partial charge in [-0.15, -0.1) is 11.3 Å². The number of likely N-dealkylation sites (tertiary alicyclic amines) is 1. The fourth-order valence-electron chi connectivity index (χ4n) is 3.27. The molecule has 6 nitrogen and oxygen atoms in total. The number of hydrogen-bond donors (Lipinski definition) is 2. The van der Waals surface area contributed by atoms with Crippen LogP contribution >= 0.6 is 11.3 Å². The summed E-state index contributed by atoms with van der Waals surface area (Å²) in [4.78, 5) is 29.0. The number of anilines is 1. The molecule has 1 atom stereocenters. The highest BCUT2D eigenvalue weighted by Crippen LogP contribution is 2.41. The molecular formula is C18H16F6N4O2S. The second-order valence-electron chi connectivity index (χ2n) is 6.79. The summed E-state index contributed by atoms with van der Waals surface area (Å²) < 4.78 is 78.5. The Morgan fingerprint density at radius 2 is 1.90 bits per heavy atom. The number of nitrogens with one attached hydrogen (secondary N) is 1. The number of amides is 2. The van der Waals surface area contributed by atoms with Crippen LogP contribution in [-0.4, -0.2) is 40.8 Å². The Hall–Kier alpha value is -2.83. The number of benzene rings is 1. The normalized spacial score (nSPS) is 17.1. The number of primary amides is 1. The molecule has 0 bridgehead atoms. The molecule has 0 aliphatic carbocycles. The zero-order chi connectivity index (χ0) is 23.0. The largest absolute Gasteiger partial charge is 0.417 e. The number of alkyl halides is 6. The molecule has 3 N–H and O–H groups in total. The Kier molecular flexibility index (Phi) is 6.16. The molecule has 0 radical (unpaired) electrons. The highest BCUT2D eigenvalue weighted by molar-refractivity contribution is 7.14. The van der Waals surface area contributed by atoms with Crippen LogP contribution in [0.4, 0.5) is 31.5 Å². The second kappa shape index (κ2) is 8.36. The van der Waals surface area contributed by atoms with E-state index in [9.17, 15) is 35.9 Å². The number of nitrogens with zero attached hydrogens (tertiary/aromatic N) is 2. The van der Waals surface area contributed by atoms with E-state index in [-0.39, 0.29) is 23.4 Å². The summed E-state index contributed by atoms with van der Waals surface area (Å²) in [6, 6.07) is 0.611. The fraction of sp³-hybridized carbons (Fsp3) is 0.389. The molecule has 2 aromatic rings. The molecule has 1 aromatic carbocycles. The maximum Gasteiger partial charge on any atom is 0.417 e. The highest BCUT2D eigenvalue weighted by Gasteiger charge is 2.39. The number of thiazole rings is 1. The lowest BCUT2D eigenvalue weighted by Crippen LogP contribution is -2.45. The third-order valence-corrected chi connectivity index (χ3v) is 5.52. The molecule has 1 aromatic heterocycles. The van der Waals surface area contributed by atoms with Gasteiger partial charge in [-0.2, -0.15) is 26.3 Å². The molecule has 0 spiro atoms. The molecule has 1 aliphatic rings. The van der Waals surface area contributed by atoms with Gasteiger partial charge in [0.1, 0.15) is 6.04 Å². The van der Waals surface area contributed by atoms with Gasteiger partial charge in [-0.05, 0) is 25.0 Å². The van der Waals surface area contributed by atoms with Gasteiger partial charge in [0.15, 0.2) is 5.13 Å². The van der Waals surface area contributed by atoms with Gasteiger partial charge >= 0.3 is 12.4 Å². The number of carbonyl (C=O) groups is 2. The summed E-state index contributed by atoms with van der Waals surface area (Å²) in [7, 11) is 0. The summed E-state index contributed by atoms with van der Waals surface area (Å²) in [6.45, 7) is 0.0909. The average molecular weight is 466 g/mol. The molecule has 13 heteroatoms. The summed E-state index contributed by atoms with van der Waals surface area (Å²) in [5.74, 6) is -1.05. The molecule has 1 fully saturated rings. The van der Waals surface area contributed by atoms with Gasteiger partial charge in [-0.3, -0.25) is 9.59 Å². The Labute approximate surface area is 176 Å². The molecule has 1 aliphatic heterocycles. The van der Waals surface area contributed by atoms with Crippen molar-refractivity contribution in [2.24, 2.45) is 5.73 Å². The summed E-state index contributed by atoms with van der Waals surface area (Å²) in [6.07, 6.45) is -8.87. The third kappa shape index (κ3) is 5.09. The van der Waals surface area contributed by atoms with Crippen LogP contribution in [0, 0.1) is 0 Å². The van der Waals surface area contributed by atoms with E-state index in [0.29, 0.717) is 25.5 Å². The van der Waals surface area contributed by atoms with Crippen LogP contribution in [-0.2, 0) is 21.9 Å². The molecule has 2 heterocycles. The van der Waals surface area contributed by atoms with Gasteiger partial charge in [-0.1, -0.05) is 6.07 Å². The maximum atomic E-state index is 13.3. The summed E-state index contributed by atoms with van der Waals surface area (Å²) in [5.41, 5.74) is 1.69. The topological polar surface area (TPSA) is 88.3 Å². The van der Waals surface area contributed by atoms with E-state index in [1.54, 1.807) is 0 Å². The SMILES string of the molecule is NC(=O)[C@@H]1CCCN1C(=O)CNc1nc(-c2ccc(C(F)(F)F)cc2C(F)(F)F)cs1. The van der Waals surface area contributed by atoms with Crippen molar-refractivity contribution in [2.45, 2.75) is 31.2 Å². The lowest BCUT2D eigenvalue weighted by molar-refractivity contribution is -0.142. The van der Waals surface area contributed by atoms with E-state index >= 15 is 0 Å². The minimum absolute atomic E-state index is 0.0443. The van der Waals surface area contributed by atoms with Gasteiger partial charge in [0, 0.05) is 17.5 Å². The molecule has 31 heavy (non-hydrogen) atoms. The number of carbonyl (C=O) groups excluding carboxylic acids is 2. The smallest absolute Gasteiger partial charge is 0.368 e. The first-order chi connectivity index (χ1) is 14.4. The Morgan fingerprint density at radius 3 is 2.52 bits per heavy atom. The van der Waals surface area contributed by atoms with E-state index < -0.39 is 46.9 Å². The molecule has 3 rings (SSSR count). The molecule has 0 saturated carbocycles. The number of hydrogen-bond acceptors (Lipinski definition) is 5. The van der Waals surface area contributed by atoms with E-state index in [1.165, 1.54) is 10.3 Å². The molecule has 0 unspecified atom stereocenters. The molecule has 2 amide bonds. The van der Waals surface area contributed by atoms with E-state index in [2.05, 4.69) is 10.3 Å². The van der Waals surface area contributed by atoms with Crippen LogP contribution < -0.4 is 11.1 Å². The van der Waals surface area contributed by atoms with Crippen molar-refractivity contribution in [3.8, 4) is 11.3 Å². The van der Waals surface area contributed by atoms with Gasteiger partial charge in [0.05, 0.1) is 23.4 Å². The minimum Gasteiger partial charge on any atom is -0.368 e. The zero-order valence-corrected chi connectivity index (χ0v) is 16.5. The van der Waals surface area contributed by atoms with Crippen molar-refractivity contribution < 1.29 is 35.9 Å². The first-order valence-electron chi connectivity index (χ1n) is 8.95. The quantitative estimate of drug-likeness (QED) is 0.658. The van der Waals surface area contributed by atoms with Crippen LogP contribution in [0.15, 0.2) is 23.6 Å². The van der Waals surface area contributed by atoms with Crippen molar-refractivity contribution in [2.75, 3.05) is 18.4 Å². The molecular weight excluding hydrogens is 450 g/mol. The minimum atomic E-state index is -5.02. The summed E-state index contributed by atoms with van der Waals surface area (Å²) >= 11 is 0.891. The number of nitrogens with two attached hydrogens (primary N) is 1. The predicted octanol–water partition coefficient (Wildman–Crippen LogP) is 3.74. The highest BCUT2D eigenvalue weighted by atomic mass is 32.1. The molecule has 1 saturated heterocycles. The Balaban J connectivity index is 1.78. The van der Waals surface area contributed by atoms with Crippen molar-refractivity contribution >= 4 is 28.3 Å². The third-order valence-electron chi connectivity index (χ3n) is 4.72. The van der Waals surface area contributed by atoms with Crippen molar-refractivity contribution in [1.82, 2.24) is 9.88 Å². The van der Waals surface area contributed by atoms with Gasteiger partial charge in [0.2, 0.25) is 11.8 Å². The number of aromatic nitrogens is 1. The average Bonchev–Trinajstić information content (AvgIpc) is 3.34. The lowest BCUT2D eigenvalue weighted by Gasteiger charge is -2.22. The Bertz CT molecular complexity index is 988. The first kappa shape index (κ1) is 22.8. The van der Waals surface area contributed by atoms with Crippen LogP contribution in [0.1, 0.15) is 24.0 Å². The Morgan fingerprint density at radius 1 is 1.19 bits per heavy atom. The van der Waals surface area contributed by atoms with Gasteiger partial charge < -0.3 is 16.0 Å². The van der Waals surface area contributed by atoms with Crippen molar-refractivity contribution in [1.29, 1.82) is 0 Å². The van der Waals surface area contributed by atoms with Gasteiger partial charge in [-0.25, -0.2) is 4.98 Å². The van der Waals surface area contributed by atoms with Crippen molar-refractivity contribution in [3.05, 3.63) is 34.7 Å². The van der Waals surface area contributed by atoms with Crippen molar-refractivity contribution in [3.63, 3.8) is 0 Å². The monoisotopic (exact) mass is 466 g/mol. The van der Waals surface area contributed by atoms with E-state index in [4.69, 9.17) is 5.73 Å². The molecule has 168 valence electrons. The first-order valence-corrected chi connectivity index (χ1v) is 9.83. The number of rotatable bonds is 5. The lowest BCUT2D eigenvalue weighted by atomic mass is 10.0. The van der Waals surface area contributed by atoms with E-state index in [0.717, 1.165) is 17.4 Å². The standard InChI is InChI=1S/C18H16F6N4O2S/c19-17(20,21)9-3-4-10(11(6-9)18(22,23)24)12-8-31-16(27-12)26-7-14(29)28-5-1-2-13(28)15(25)30/h3-4,6,8,13H,1-2,5,7H2,(H2,25,30)(H,26,27)/t13-/m0/s1. The van der Waals surface area contributed by atoms with Crippen LogP contribution in [0.25, 0.3) is 11.3 Å². The zero-order valence-electron chi connectivity index (χ0n) is 15.7. The second-order valence-corrected chi connectivity index (χ2v) is 7.65. The predicted molar refractivity (Wildman–Crippen MR) is 100.0 cm³/mol. The summed E-state index contributed by atoms with van der Waals surface area (Å²) in [5, 5.41) is 4.01.